The number of benzene rings is 1. The summed E-state index contributed by atoms with van der Waals surface area (Å²) in [6.07, 6.45) is 2.70. The molecule has 0 fully saturated rings. The van der Waals surface area contributed by atoms with Gasteiger partial charge < -0.3 is 9.47 Å². The molecule has 0 aliphatic carbocycles. The van der Waals surface area contributed by atoms with E-state index in [0.29, 0.717) is 0 Å². The van der Waals surface area contributed by atoms with Crippen LogP contribution in [0.15, 0.2) is 53.3 Å². The van der Waals surface area contributed by atoms with E-state index in [-0.39, 0.29) is 17.2 Å². The number of hydrogen-bond donors (Lipinski definition) is 0. The lowest BCUT2D eigenvalue weighted by atomic mass is 10.1. The maximum absolute atomic E-state index is 13.0. The lowest BCUT2D eigenvalue weighted by Crippen LogP contribution is -2.39. The van der Waals surface area contributed by atoms with E-state index in [2.05, 4.69) is 40.7 Å². The number of amides is 1. The first-order valence-corrected chi connectivity index (χ1v) is 10.8. The summed E-state index contributed by atoms with van der Waals surface area (Å²) >= 11 is 3.28. The molecule has 5 nitrogen and oxygen atoms in total. The first-order valence-electron chi connectivity index (χ1n) is 9.08. The lowest BCUT2D eigenvalue weighted by Gasteiger charge is -2.29. The molecule has 1 aliphatic heterocycles. The third-order valence-corrected chi connectivity index (χ3v) is 7.07. The van der Waals surface area contributed by atoms with Crippen molar-refractivity contribution in [1.82, 2.24) is 19.7 Å². The molecule has 1 aliphatic rings. The highest BCUT2D eigenvalue weighted by molar-refractivity contribution is 8.00. The van der Waals surface area contributed by atoms with Gasteiger partial charge in [0.15, 0.2) is 5.16 Å². The number of thioether (sulfide) groups is 1. The van der Waals surface area contributed by atoms with Crippen LogP contribution in [0.25, 0.3) is 0 Å². The summed E-state index contributed by atoms with van der Waals surface area (Å²) < 4.78 is 2.04. The van der Waals surface area contributed by atoms with Gasteiger partial charge in [-0.1, -0.05) is 42.1 Å². The van der Waals surface area contributed by atoms with Gasteiger partial charge >= 0.3 is 0 Å². The fraction of sp³-hybridized carbons (Fsp3) is 0.350. The van der Waals surface area contributed by atoms with Crippen LogP contribution in [0.3, 0.4) is 0 Å². The van der Waals surface area contributed by atoms with Crippen molar-refractivity contribution in [3.8, 4) is 0 Å². The van der Waals surface area contributed by atoms with Crippen molar-refractivity contribution in [2.75, 3.05) is 6.54 Å². The van der Waals surface area contributed by atoms with Crippen molar-refractivity contribution < 1.29 is 4.79 Å². The Balaban J connectivity index is 1.45. The maximum atomic E-state index is 13.0. The average Bonchev–Trinajstić information content (AvgIpc) is 3.36. The second-order valence-electron chi connectivity index (χ2n) is 6.75. The van der Waals surface area contributed by atoms with Crippen LogP contribution in [-0.2, 0) is 17.8 Å². The Morgan fingerprint density at radius 2 is 2.04 bits per heavy atom. The Morgan fingerprint density at radius 3 is 2.85 bits per heavy atom. The van der Waals surface area contributed by atoms with E-state index in [1.54, 1.807) is 17.7 Å². The summed E-state index contributed by atoms with van der Waals surface area (Å²) in [7, 11) is 0. The largest absolute Gasteiger partial charge is 0.337 e. The van der Waals surface area contributed by atoms with Crippen LogP contribution in [0.2, 0.25) is 0 Å². The van der Waals surface area contributed by atoms with Crippen LogP contribution in [-0.4, -0.2) is 37.4 Å². The lowest BCUT2D eigenvalue weighted by molar-refractivity contribution is -0.131. The number of thiophene rings is 1. The summed E-state index contributed by atoms with van der Waals surface area (Å²) in [5.74, 6) is 0.166. The molecule has 0 N–H and O–H groups in total. The second kappa shape index (κ2) is 7.86. The normalized spacial score (nSPS) is 16.0. The second-order valence-corrected chi connectivity index (χ2v) is 9.05. The molecule has 0 unspecified atom stereocenters. The first-order chi connectivity index (χ1) is 13.1. The molecule has 2 aromatic heterocycles. The number of carbonyl (C=O) groups excluding carboxylic acids is 1. The van der Waals surface area contributed by atoms with E-state index in [1.165, 1.54) is 27.8 Å². The molecule has 27 heavy (non-hydrogen) atoms. The average molecular weight is 399 g/mol. The minimum absolute atomic E-state index is 0.120. The molecule has 0 saturated carbocycles. The van der Waals surface area contributed by atoms with E-state index < -0.39 is 0 Å². The molecule has 7 heteroatoms. The molecule has 0 bridgehead atoms. The van der Waals surface area contributed by atoms with Crippen molar-refractivity contribution in [3.63, 3.8) is 0 Å². The Kier molecular flexibility index (Phi) is 5.31. The number of nitrogens with zero attached hydrogens (tertiary/aromatic N) is 4. The number of rotatable bonds is 5. The Bertz CT molecular complexity index is 921. The molecule has 4 rings (SSSR count). The number of aromatic nitrogens is 3. The monoisotopic (exact) mass is 398 g/mol. The van der Waals surface area contributed by atoms with Crippen LogP contribution in [0, 0.1) is 0 Å². The SMILES string of the molecule is C[C@@H](Sc1nncn1[C@@H](C)c1ccccc1)C(=O)N1CCc2sccc2C1. The Morgan fingerprint density at radius 1 is 1.22 bits per heavy atom. The van der Waals surface area contributed by atoms with Crippen LogP contribution >= 0.6 is 23.1 Å². The molecule has 0 spiro atoms. The Labute approximate surface area is 167 Å². The fourth-order valence-electron chi connectivity index (χ4n) is 3.38. The van der Waals surface area contributed by atoms with E-state index in [4.69, 9.17) is 0 Å². The van der Waals surface area contributed by atoms with Gasteiger partial charge in [0.1, 0.15) is 6.33 Å². The zero-order valence-corrected chi connectivity index (χ0v) is 17.0. The highest BCUT2D eigenvalue weighted by atomic mass is 32.2. The molecular formula is C20H22N4OS2. The van der Waals surface area contributed by atoms with E-state index in [1.807, 2.05) is 34.6 Å². The summed E-state index contributed by atoms with van der Waals surface area (Å²) in [5, 5.41) is 11.0. The predicted molar refractivity (Wildman–Crippen MR) is 109 cm³/mol. The molecule has 0 saturated heterocycles. The number of hydrogen-bond acceptors (Lipinski definition) is 5. The van der Waals surface area contributed by atoms with E-state index in [0.717, 1.165) is 24.7 Å². The third-order valence-electron chi connectivity index (χ3n) is 4.99. The van der Waals surface area contributed by atoms with Crippen LogP contribution in [0.5, 0.6) is 0 Å². The maximum Gasteiger partial charge on any atom is 0.236 e. The Hall–Kier alpha value is -2.12. The van der Waals surface area contributed by atoms with Crippen LogP contribution < -0.4 is 0 Å². The molecule has 3 heterocycles. The van der Waals surface area contributed by atoms with Gasteiger partial charge in [-0.25, -0.2) is 0 Å². The minimum atomic E-state index is -0.198. The van der Waals surface area contributed by atoms with E-state index >= 15 is 0 Å². The van der Waals surface area contributed by atoms with Gasteiger partial charge in [-0.05, 0) is 42.8 Å². The van der Waals surface area contributed by atoms with Gasteiger partial charge in [0, 0.05) is 18.0 Å². The summed E-state index contributed by atoms with van der Waals surface area (Å²) in [6, 6.07) is 12.5. The van der Waals surface area contributed by atoms with Gasteiger partial charge in [0.25, 0.3) is 0 Å². The van der Waals surface area contributed by atoms with Gasteiger partial charge in [-0.3, -0.25) is 4.79 Å². The predicted octanol–water partition coefficient (Wildman–Crippen LogP) is 4.01. The smallest absolute Gasteiger partial charge is 0.236 e. The van der Waals surface area contributed by atoms with E-state index in [9.17, 15) is 4.79 Å². The van der Waals surface area contributed by atoms with Crippen molar-refractivity contribution in [3.05, 3.63) is 64.1 Å². The number of fused-ring (bicyclic) bond motifs is 1. The first kappa shape index (κ1) is 18.3. The zero-order chi connectivity index (χ0) is 18.8. The van der Waals surface area contributed by atoms with Crippen LogP contribution in [0.1, 0.15) is 35.9 Å². The molecule has 1 aromatic carbocycles. The van der Waals surface area contributed by atoms with Gasteiger partial charge in [0.05, 0.1) is 11.3 Å². The molecular weight excluding hydrogens is 376 g/mol. The fourth-order valence-corrected chi connectivity index (χ4v) is 5.25. The van der Waals surface area contributed by atoms with Crippen molar-refractivity contribution in [2.24, 2.45) is 0 Å². The topological polar surface area (TPSA) is 51.0 Å². The van der Waals surface area contributed by atoms with Crippen molar-refractivity contribution in [1.29, 1.82) is 0 Å². The highest BCUT2D eigenvalue weighted by Gasteiger charge is 2.27. The number of carbonyl (C=O) groups is 1. The molecule has 3 aromatic rings. The molecule has 140 valence electrons. The zero-order valence-electron chi connectivity index (χ0n) is 15.4. The minimum Gasteiger partial charge on any atom is -0.337 e. The quantitative estimate of drug-likeness (QED) is 0.609. The molecule has 1 amide bonds. The summed E-state index contributed by atoms with van der Waals surface area (Å²) in [4.78, 5) is 16.3. The third kappa shape index (κ3) is 3.80. The molecule has 0 radical (unpaired) electrons. The summed E-state index contributed by atoms with van der Waals surface area (Å²) in [5.41, 5.74) is 2.48. The highest BCUT2D eigenvalue weighted by Crippen LogP contribution is 2.30. The van der Waals surface area contributed by atoms with Crippen molar-refractivity contribution >= 4 is 29.0 Å². The van der Waals surface area contributed by atoms with Gasteiger partial charge in [-0.15, -0.1) is 21.5 Å². The van der Waals surface area contributed by atoms with Gasteiger partial charge in [0.2, 0.25) is 5.91 Å². The summed E-state index contributed by atoms with van der Waals surface area (Å²) in [6.45, 7) is 5.60. The molecule has 2 atom stereocenters. The standard InChI is InChI=1S/C20H22N4OS2/c1-14(16-6-4-3-5-7-16)24-13-21-22-20(24)27-15(2)19(25)23-10-8-18-17(12-23)9-11-26-18/h3-7,9,11,13-15H,8,10,12H2,1-2H3/t14-,15+/m0/s1. The van der Waals surface area contributed by atoms with Gasteiger partial charge in [-0.2, -0.15) is 0 Å². The van der Waals surface area contributed by atoms with Crippen molar-refractivity contribution in [2.45, 2.75) is 43.3 Å². The van der Waals surface area contributed by atoms with Crippen LogP contribution in [0.4, 0.5) is 0 Å².